The van der Waals surface area contributed by atoms with E-state index in [0.29, 0.717) is 6.54 Å². The van der Waals surface area contributed by atoms with Crippen molar-refractivity contribution < 1.29 is 4.74 Å². The number of aromatic nitrogens is 3. The highest BCUT2D eigenvalue weighted by Gasteiger charge is 2.20. The Morgan fingerprint density at radius 2 is 1.86 bits per heavy atom. The van der Waals surface area contributed by atoms with Gasteiger partial charge >= 0.3 is 0 Å². The minimum absolute atomic E-state index is 0.532. The Balaban J connectivity index is 1.63. The van der Waals surface area contributed by atoms with E-state index < -0.39 is 0 Å². The molecule has 158 valence electrons. The summed E-state index contributed by atoms with van der Waals surface area (Å²) in [6.45, 7) is 9.42. The molecule has 29 heavy (non-hydrogen) atoms. The van der Waals surface area contributed by atoms with Gasteiger partial charge < -0.3 is 24.4 Å². The van der Waals surface area contributed by atoms with Gasteiger partial charge in [-0.1, -0.05) is 13.3 Å². The Morgan fingerprint density at radius 1 is 1.14 bits per heavy atom. The lowest BCUT2D eigenvalue weighted by atomic mass is 10.2. The third kappa shape index (κ3) is 5.40. The van der Waals surface area contributed by atoms with Crippen LogP contribution in [-0.4, -0.2) is 65.5 Å². The zero-order valence-electron chi connectivity index (χ0n) is 18.1. The zero-order valence-corrected chi connectivity index (χ0v) is 18.1. The second kappa shape index (κ2) is 10.1. The van der Waals surface area contributed by atoms with E-state index >= 15 is 0 Å². The van der Waals surface area contributed by atoms with Crippen molar-refractivity contribution in [3.8, 4) is 5.75 Å². The van der Waals surface area contributed by atoms with E-state index in [2.05, 4.69) is 44.4 Å². The summed E-state index contributed by atoms with van der Waals surface area (Å²) in [5.74, 6) is 3.65. The molecule has 3 rings (SSSR count). The molecule has 0 radical (unpaired) electrons. The molecule has 0 amide bonds. The smallest absolute Gasteiger partial charge is 0.194 e. The van der Waals surface area contributed by atoms with Gasteiger partial charge in [0.05, 0.1) is 7.11 Å². The van der Waals surface area contributed by atoms with Gasteiger partial charge in [-0.3, -0.25) is 0 Å². The van der Waals surface area contributed by atoms with E-state index in [9.17, 15) is 0 Å². The first-order valence-corrected chi connectivity index (χ1v) is 10.4. The monoisotopic (exact) mass is 399 g/mol. The molecule has 1 aliphatic rings. The summed E-state index contributed by atoms with van der Waals surface area (Å²) in [6, 6.07) is 8.28. The maximum atomic E-state index is 5.26. The molecular weight excluding hydrogens is 366 g/mol. The Labute approximate surface area is 173 Å². The Morgan fingerprint density at radius 3 is 2.45 bits per heavy atom. The zero-order chi connectivity index (χ0) is 20.6. The fraction of sp³-hybridized carbons (Fsp3) is 0.571. The van der Waals surface area contributed by atoms with Gasteiger partial charge in [0.25, 0.3) is 0 Å². The molecule has 0 aliphatic carbocycles. The van der Waals surface area contributed by atoms with Crippen LogP contribution in [0.1, 0.15) is 31.4 Å². The van der Waals surface area contributed by atoms with Crippen LogP contribution in [0.15, 0.2) is 29.3 Å². The van der Waals surface area contributed by atoms with Crippen molar-refractivity contribution in [2.75, 3.05) is 44.7 Å². The minimum Gasteiger partial charge on any atom is -0.497 e. The number of guanidine groups is 1. The summed E-state index contributed by atoms with van der Waals surface area (Å²) < 4.78 is 7.26. The Kier molecular flexibility index (Phi) is 7.32. The molecular formula is C21H33N7O. The number of hydrogen-bond donors (Lipinski definition) is 1. The van der Waals surface area contributed by atoms with Crippen molar-refractivity contribution in [1.29, 1.82) is 0 Å². The van der Waals surface area contributed by atoms with Gasteiger partial charge in [-0.15, -0.1) is 10.2 Å². The number of ether oxygens (including phenoxy) is 1. The number of nitrogens with zero attached hydrogens (tertiary/aromatic N) is 6. The fourth-order valence-electron chi connectivity index (χ4n) is 3.35. The van der Waals surface area contributed by atoms with Crippen LogP contribution in [-0.2, 0) is 13.6 Å². The van der Waals surface area contributed by atoms with Crippen LogP contribution in [0.5, 0.6) is 5.75 Å². The van der Waals surface area contributed by atoms with E-state index in [-0.39, 0.29) is 0 Å². The molecule has 1 fully saturated rings. The van der Waals surface area contributed by atoms with Crippen LogP contribution >= 0.6 is 0 Å². The summed E-state index contributed by atoms with van der Waals surface area (Å²) in [5, 5.41) is 11.9. The second-order valence-corrected chi connectivity index (χ2v) is 7.31. The first-order chi connectivity index (χ1) is 14.1. The number of hydrogen-bond acceptors (Lipinski definition) is 5. The molecule has 1 saturated heterocycles. The number of benzene rings is 1. The summed E-state index contributed by atoms with van der Waals surface area (Å²) in [4.78, 5) is 9.61. The molecule has 2 heterocycles. The van der Waals surface area contributed by atoms with E-state index in [0.717, 1.165) is 68.9 Å². The minimum atomic E-state index is 0.532. The molecule has 0 unspecified atom stereocenters. The Hall–Kier alpha value is -2.77. The normalized spacial score (nSPS) is 15.0. The van der Waals surface area contributed by atoms with Gasteiger partial charge in [0.15, 0.2) is 11.8 Å². The van der Waals surface area contributed by atoms with Gasteiger partial charge in [0, 0.05) is 45.5 Å². The summed E-state index contributed by atoms with van der Waals surface area (Å²) in [5.41, 5.74) is 1.23. The van der Waals surface area contributed by atoms with Gasteiger partial charge in [-0.25, -0.2) is 4.99 Å². The number of aryl methyl sites for hydroxylation is 1. The fourth-order valence-corrected chi connectivity index (χ4v) is 3.35. The molecule has 8 nitrogen and oxygen atoms in total. The topological polar surface area (TPSA) is 70.8 Å². The maximum Gasteiger partial charge on any atom is 0.194 e. The van der Waals surface area contributed by atoms with Crippen LogP contribution in [0, 0.1) is 6.92 Å². The largest absolute Gasteiger partial charge is 0.497 e. The summed E-state index contributed by atoms with van der Waals surface area (Å²) >= 11 is 0. The lowest BCUT2D eigenvalue weighted by molar-refractivity contribution is 0.371. The maximum absolute atomic E-state index is 5.26. The average molecular weight is 400 g/mol. The number of methoxy groups -OCH3 is 1. The average Bonchev–Trinajstić information content (AvgIpc) is 3.08. The van der Waals surface area contributed by atoms with Crippen molar-refractivity contribution in [2.45, 2.75) is 33.2 Å². The van der Waals surface area contributed by atoms with Crippen molar-refractivity contribution in [3.63, 3.8) is 0 Å². The Bertz CT molecular complexity index is 792. The molecule has 8 heteroatoms. The number of anilines is 1. The van der Waals surface area contributed by atoms with Crippen molar-refractivity contribution in [2.24, 2.45) is 12.0 Å². The third-order valence-electron chi connectivity index (χ3n) is 5.38. The second-order valence-electron chi connectivity index (χ2n) is 7.31. The van der Waals surface area contributed by atoms with Crippen molar-refractivity contribution in [1.82, 2.24) is 25.0 Å². The van der Waals surface area contributed by atoms with E-state index in [1.54, 1.807) is 7.11 Å². The quantitative estimate of drug-likeness (QED) is 0.437. The molecule has 0 spiro atoms. The van der Waals surface area contributed by atoms with Crippen molar-refractivity contribution >= 4 is 11.6 Å². The molecule has 1 aliphatic heterocycles. The van der Waals surface area contributed by atoms with Gasteiger partial charge in [-0.05, 0) is 37.6 Å². The molecule has 0 saturated carbocycles. The number of aliphatic imine (C=N–C) groups is 1. The predicted molar refractivity (Wildman–Crippen MR) is 117 cm³/mol. The van der Waals surface area contributed by atoms with Gasteiger partial charge in [0.1, 0.15) is 18.1 Å². The molecule has 0 atom stereocenters. The van der Waals surface area contributed by atoms with E-state index in [1.165, 1.54) is 5.69 Å². The number of piperazine rings is 1. The molecule has 0 bridgehead atoms. The first kappa shape index (κ1) is 21.0. The highest BCUT2D eigenvalue weighted by atomic mass is 16.5. The number of unbranched alkanes of at least 4 members (excludes halogenated alkanes) is 1. The number of nitrogens with one attached hydrogen (secondary N) is 1. The van der Waals surface area contributed by atoms with Crippen molar-refractivity contribution in [3.05, 3.63) is 35.9 Å². The number of rotatable bonds is 7. The standard InChI is InChI=1S/C21H33N7O/c1-5-6-11-22-21(23-16-20-25-24-17(2)26(20)3)28-14-12-27(13-15-28)18-7-9-19(29-4)10-8-18/h7-10H,5-6,11-16H2,1-4H3,(H,22,23). The lowest BCUT2D eigenvalue weighted by Gasteiger charge is -2.37. The van der Waals surface area contributed by atoms with Gasteiger partial charge in [-0.2, -0.15) is 0 Å². The lowest BCUT2D eigenvalue weighted by Crippen LogP contribution is -2.52. The first-order valence-electron chi connectivity index (χ1n) is 10.4. The highest BCUT2D eigenvalue weighted by Crippen LogP contribution is 2.20. The predicted octanol–water partition coefficient (Wildman–Crippen LogP) is 2.20. The SMILES string of the molecule is CCCCNC(=NCc1nnc(C)n1C)N1CCN(c2ccc(OC)cc2)CC1. The summed E-state index contributed by atoms with van der Waals surface area (Å²) in [6.07, 6.45) is 2.29. The molecule has 1 aromatic heterocycles. The van der Waals surface area contributed by atoms with E-state index in [4.69, 9.17) is 9.73 Å². The van der Waals surface area contributed by atoms with Crippen LogP contribution in [0.2, 0.25) is 0 Å². The summed E-state index contributed by atoms with van der Waals surface area (Å²) in [7, 11) is 3.68. The van der Waals surface area contributed by atoms with Crippen LogP contribution in [0.3, 0.4) is 0 Å². The van der Waals surface area contributed by atoms with Gasteiger partial charge in [0.2, 0.25) is 0 Å². The molecule has 1 aromatic carbocycles. The van der Waals surface area contributed by atoms with Crippen LogP contribution in [0.4, 0.5) is 5.69 Å². The molecule has 1 N–H and O–H groups in total. The van der Waals surface area contributed by atoms with Crippen LogP contribution in [0.25, 0.3) is 0 Å². The van der Waals surface area contributed by atoms with Crippen LogP contribution < -0.4 is 15.0 Å². The molecule has 2 aromatic rings. The highest BCUT2D eigenvalue weighted by molar-refractivity contribution is 5.80. The third-order valence-corrected chi connectivity index (χ3v) is 5.38. The van der Waals surface area contributed by atoms with E-state index in [1.807, 2.05) is 30.7 Å².